The molecular weight excluding hydrogens is 442 g/mol. The summed E-state index contributed by atoms with van der Waals surface area (Å²) in [7, 11) is 0. The lowest BCUT2D eigenvalue weighted by Crippen LogP contribution is -2.53. The van der Waals surface area contributed by atoms with Crippen molar-refractivity contribution in [3.63, 3.8) is 0 Å². The van der Waals surface area contributed by atoms with E-state index in [-0.39, 0.29) is 43.5 Å². The molecule has 2 amide bonds. The van der Waals surface area contributed by atoms with Crippen molar-refractivity contribution in [3.05, 3.63) is 29.8 Å². The highest BCUT2D eigenvalue weighted by Gasteiger charge is 2.20. The maximum absolute atomic E-state index is 12.3. The van der Waals surface area contributed by atoms with Crippen LogP contribution < -0.4 is 37.9 Å². The Labute approximate surface area is 200 Å². The lowest BCUT2D eigenvalue weighted by atomic mass is 10.1. The van der Waals surface area contributed by atoms with Gasteiger partial charge in [-0.3, -0.25) is 26.2 Å². The second kappa shape index (κ2) is 17.7. The van der Waals surface area contributed by atoms with E-state index < -0.39 is 17.9 Å². The van der Waals surface area contributed by atoms with Gasteiger partial charge in [0.1, 0.15) is 11.8 Å². The van der Waals surface area contributed by atoms with E-state index in [0.29, 0.717) is 25.2 Å². The van der Waals surface area contributed by atoms with E-state index in [2.05, 4.69) is 32.0 Å². The number of hydrogen-bond acceptors (Lipinski definition) is 9. The first-order valence-corrected chi connectivity index (χ1v) is 11.5. The number of aliphatic carboxylic acids is 1. The first-order valence-electron chi connectivity index (χ1n) is 11.5. The molecule has 12 nitrogen and oxygen atoms in total. The molecule has 1 rings (SSSR count). The predicted octanol–water partition coefficient (Wildman–Crippen LogP) is -1.63. The van der Waals surface area contributed by atoms with Gasteiger partial charge in [0.2, 0.25) is 11.8 Å². The normalized spacial score (nSPS) is 12.6. The Bertz CT molecular complexity index is 733. The molecule has 1 unspecified atom stereocenters. The molecule has 10 N–H and O–H groups in total. The second-order valence-corrected chi connectivity index (χ2v) is 7.77. The van der Waals surface area contributed by atoms with Crippen LogP contribution >= 0.6 is 0 Å². The van der Waals surface area contributed by atoms with Gasteiger partial charge in [0, 0.05) is 52.0 Å². The minimum Gasteiger partial charge on any atom is -0.508 e. The average molecular weight is 482 g/mol. The minimum atomic E-state index is -1.15. The van der Waals surface area contributed by atoms with Crippen molar-refractivity contribution in [1.29, 1.82) is 0 Å². The van der Waals surface area contributed by atoms with Crippen LogP contribution in [-0.2, 0) is 20.8 Å². The molecule has 0 heterocycles. The summed E-state index contributed by atoms with van der Waals surface area (Å²) >= 11 is 0. The third-order valence-electron chi connectivity index (χ3n) is 4.89. The number of nitrogens with one attached hydrogen (secondary N) is 6. The molecule has 1 aromatic rings. The number of carboxylic acid groups (broad SMARTS) is 1. The lowest BCUT2D eigenvalue weighted by molar-refractivity contribution is -0.141. The second-order valence-electron chi connectivity index (χ2n) is 7.77. The van der Waals surface area contributed by atoms with Crippen molar-refractivity contribution in [2.24, 2.45) is 5.84 Å². The van der Waals surface area contributed by atoms with E-state index in [4.69, 9.17) is 5.84 Å². The maximum atomic E-state index is 12.3. The van der Waals surface area contributed by atoms with Crippen LogP contribution in [0.3, 0.4) is 0 Å². The van der Waals surface area contributed by atoms with Crippen LogP contribution in [0.25, 0.3) is 0 Å². The number of aromatic hydroxyl groups is 1. The highest BCUT2D eigenvalue weighted by Crippen LogP contribution is 2.11. The van der Waals surface area contributed by atoms with Crippen molar-refractivity contribution < 1.29 is 24.6 Å². The maximum Gasteiger partial charge on any atom is 0.326 e. The zero-order chi connectivity index (χ0) is 25.2. The smallest absolute Gasteiger partial charge is 0.326 e. The zero-order valence-corrected chi connectivity index (χ0v) is 19.7. The Hall–Kier alpha value is -2.77. The number of carbonyl (C=O) groups excluding carboxylic acids is 2. The Kier molecular flexibility index (Phi) is 15.2. The van der Waals surface area contributed by atoms with Gasteiger partial charge in [-0.25, -0.2) is 4.79 Å². The van der Waals surface area contributed by atoms with Gasteiger partial charge in [-0.1, -0.05) is 19.1 Å². The Morgan fingerprint density at radius 2 is 1.59 bits per heavy atom. The lowest BCUT2D eigenvalue weighted by Gasteiger charge is -2.21. The van der Waals surface area contributed by atoms with Crippen molar-refractivity contribution in [1.82, 2.24) is 32.0 Å². The van der Waals surface area contributed by atoms with Crippen molar-refractivity contribution in [2.45, 2.75) is 44.8 Å². The van der Waals surface area contributed by atoms with E-state index in [1.54, 1.807) is 12.1 Å². The molecule has 34 heavy (non-hydrogen) atoms. The molecule has 0 saturated carbocycles. The van der Waals surface area contributed by atoms with Crippen LogP contribution in [0.15, 0.2) is 24.3 Å². The Morgan fingerprint density at radius 1 is 0.941 bits per heavy atom. The Balaban J connectivity index is 2.40. The number of carboxylic acids is 1. The molecule has 192 valence electrons. The number of phenolic OH excluding ortho intramolecular Hbond substituents is 1. The quantitative estimate of drug-likeness (QED) is 0.0480. The van der Waals surface area contributed by atoms with Crippen LogP contribution in [0.1, 0.15) is 31.7 Å². The summed E-state index contributed by atoms with van der Waals surface area (Å²) in [4.78, 5) is 36.0. The molecule has 0 aliphatic heterocycles. The molecule has 0 aliphatic rings. The summed E-state index contributed by atoms with van der Waals surface area (Å²) in [5, 5.41) is 33.8. The van der Waals surface area contributed by atoms with E-state index in [1.807, 2.05) is 6.92 Å². The number of hydrogen-bond donors (Lipinski definition) is 9. The SMILES string of the molecule is CCNCCNCC(NCCNN)NC(=O)CCCC(=O)N[C@@H](Cc1ccc(O)cc1)C(=O)O. The molecule has 0 spiro atoms. The number of likely N-dealkylation sites (N-methyl/N-ethyl adjacent to an activating group) is 1. The number of hydrazine groups is 1. The fraction of sp³-hybridized carbons (Fsp3) is 0.591. The Morgan fingerprint density at radius 3 is 2.21 bits per heavy atom. The third-order valence-corrected chi connectivity index (χ3v) is 4.89. The van der Waals surface area contributed by atoms with E-state index in [0.717, 1.165) is 19.6 Å². The van der Waals surface area contributed by atoms with Crippen molar-refractivity contribution in [2.75, 3.05) is 39.3 Å². The van der Waals surface area contributed by atoms with Gasteiger partial charge in [0.15, 0.2) is 0 Å². The topological polar surface area (TPSA) is 190 Å². The van der Waals surface area contributed by atoms with Gasteiger partial charge in [-0.2, -0.15) is 0 Å². The number of phenols is 1. The van der Waals surface area contributed by atoms with Crippen LogP contribution in [0.5, 0.6) is 5.75 Å². The summed E-state index contributed by atoms with van der Waals surface area (Å²) in [6, 6.07) is 5.03. The molecule has 0 fully saturated rings. The number of nitrogens with two attached hydrogens (primary N) is 1. The summed E-state index contributed by atoms with van der Waals surface area (Å²) < 4.78 is 0. The van der Waals surface area contributed by atoms with Crippen LogP contribution in [0.2, 0.25) is 0 Å². The number of rotatable bonds is 19. The standard InChI is InChI=1S/C22H39N7O5/c1-2-24-10-11-25-15-19(26-12-13-27-23)29-21(32)5-3-4-20(31)28-18(22(33)34)14-16-6-8-17(30)9-7-16/h6-9,18-19,24-27,30H,2-5,10-15,23H2,1H3,(H,28,31)(H,29,32)(H,33,34)/t18-,19?/m0/s1. The van der Waals surface area contributed by atoms with Crippen LogP contribution in [0, 0.1) is 0 Å². The fourth-order valence-electron chi connectivity index (χ4n) is 3.10. The fourth-order valence-corrected chi connectivity index (χ4v) is 3.10. The number of carbonyl (C=O) groups is 3. The largest absolute Gasteiger partial charge is 0.508 e. The first kappa shape index (κ1) is 29.3. The molecule has 0 radical (unpaired) electrons. The van der Waals surface area contributed by atoms with Crippen LogP contribution in [0.4, 0.5) is 0 Å². The molecule has 0 bridgehead atoms. The molecule has 0 saturated heterocycles. The number of benzene rings is 1. The van der Waals surface area contributed by atoms with E-state index >= 15 is 0 Å². The van der Waals surface area contributed by atoms with Crippen molar-refractivity contribution in [3.8, 4) is 5.75 Å². The van der Waals surface area contributed by atoms with Crippen LogP contribution in [-0.4, -0.2) is 79.5 Å². The molecule has 0 aliphatic carbocycles. The van der Waals surface area contributed by atoms with Gasteiger partial charge in [0.25, 0.3) is 0 Å². The van der Waals surface area contributed by atoms with Gasteiger partial charge < -0.3 is 31.5 Å². The summed E-state index contributed by atoms with van der Waals surface area (Å²) in [6.45, 7) is 6.13. The molecular formula is C22H39N7O5. The van der Waals surface area contributed by atoms with E-state index in [9.17, 15) is 24.6 Å². The zero-order valence-electron chi connectivity index (χ0n) is 19.7. The van der Waals surface area contributed by atoms with Gasteiger partial charge in [0.05, 0.1) is 6.17 Å². The van der Waals surface area contributed by atoms with Crippen molar-refractivity contribution >= 4 is 17.8 Å². The highest BCUT2D eigenvalue weighted by molar-refractivity contribution is 5.84. The highest BCUT2D eigenvalue weighted by atomic mass is 16.4. The van der Waals surface area contributed by atoms with Gasteiger partial charge >= 0.3 is 5.97 Å². The van der Waals surface area contributed by atoms with E-state index in [1.165, 1.54) is 12.1 Å². The number of amides is 2. The average Bonchev–Trinajstić information content (AvgIpc) is 2.79. The minimum absolute atomic E-state index is 0.0307. The molecule has 12 heteroatoms. The van der Waals surface area contributed by atoms with Gasteiger partial charge in [-0.05, 0) is 30.7 Å². The summed E-state index contributed by atoms with van der Waals surface area (Å²) in [5.74, 6) is 3.56. The summed E-state index contributed by atoms with van der Waals surface area (Å²) in [6.07, 6.45) is 0.247. The summed E-state index contributed by atoms with van der Waals surface area (Å²) in [5.41, 5.74) is 3.22. The molecule has 1 aromatic carbocycles. The first-order chi connectivity index (χ1) is 16.3. The predicted molar refractivity (Wildman–Crippen MR) is 129 cm³/mol. The molecule has 0 aromatic heterocycles. The third kappa shape index (κ3) is 13.7. The monoisotopic (exact) mass is 481 g/mol. The van der Waals surface area contributed by atoms with Gasteiger partial charge in [-0.15, -0.1) is 0 Å². The molecule has 2 atom stereocenters.